The third-order valence-electron chi connectivity index (χ3n) is 3.20. The van der Waals surface area contributed by atoms with Crippen LogP contribution in [0, 0.1) is 24.0 Å². The van der Waals surface area contributed by atoms with Crippen molar-refractivity contribution in [3.63, 3.8) is 0 Å². The Labute approximate surface area is 122 Å². The molecule has 2 rings (SSSR count). The molecule has 21 heavy (non-hydrogen) atoms. The molecule has 0 amide bonds. The molecule has 0 spiro atoms. The summed E-state index contributed by atoms with van der Waals surface area (Å²) in [6.45, 7) is 3.91. The van der Waals surface area contributed by atoms with Gasteiger partial charge in [0.15, 0.2) is 0 Å². The van der Waals surface area contributed by atoms with Crippen molar-refractivity contribution in [3.05, 3.63) is 45.5 Å². The van der Waals surface area contributed by atoms with Gasteiger partial charge < -0.3 is 10.1 Å². The van der Waals surface area contributed by atoms with Crippen molar-refractivity contribution in [2.45, 2.75) is 13.8 Å². The van der Waals surface area contributed by atoms with Gasteiger partial charge in [-0.3, -0.25) is 10.1 Å². The zero-order valence-electron chi connectivity index (χ0n) is 12.4. The van der Waals surface area contributed by atoms with E-state index in [4.69, 9.17) is 4.74 Å². The zero-order valence-corrected chi connectivity index (χ0v) is 12.4. The summed E-state index contributed by atoms with van der Waals surface area (Å²) >= 11 is 0. The van der Waals surface area contributed by atoms with Gasteiger partial charge in [0.2, 0.25) is 0 Å². The van der Waals surface area contributed by atoms with Crippen molar-refractivity contribution in [3.8, 4) is 17.0 Å². The maximum absolute atomic E-state index is 11.1. The molecule has 1 N–H and O–H groups in total. The molecule has 0 atom stereocenters. The van der Waals surface area contributed by atoms with Crippen molar-refractivity contribution in [1.29, 1.82) is 0 Å². The minimum Gasteiger partial charge on any atom is -0.496 e. The van der Waals surface area contributed by atoms with Gasteiger partial charge in [0.1, 0.15) is 11.6 Å². The number of nitrogens with one attached hydrogen (secondary N) is 1. The van der Waals surface area contributed by atoms with Gasteiger partial charge in [0.05, 0.1) is 23.8 Å². The summed E-state index contributed by atoms with van der Waals surface area (Å²) in [6.07, 6.45) is 0. The fraction of sp³-hybridized carbons (Fsp3) is 0.267. The summed E-state index contributed by atoms with van der Waals surface area (Å²) < 4.78 is 5.41. The maximum Gasteiger partial charge on any atom is 0.275 e. The lowest BCUT2D eigenvalue weighted by molar-refractivity contribution is -0.384. The third-order valence-corrected chi connectivity index (χ3v) is 3.20. The lowest BCUT2D eigenvalue weighted by Gasteiger charge is -2.13. The van der Waals surface area contributed by atoms with E-state index >= 15 is 0 Å². The molecule has 2 aromatic rings. The third kappa shape index (κ3) is 2.94. The Morgan fingerprint density at radius 3 is 2.52 bits per heavy atom. The number of rotatable bonds is 4. The first-order valence-corrected chi connectivity index (χ1v) is 6.46. The summed E-state index contributed by atoms with van der Waals surface area (Å²) in [6, 6.07) is 6.75. The molecular weight excluding hydrogens is 270 g/mol. The predicted octanol–water partition coefficient (Wildman–Crippen LogP) is 3.32. The van der Waals surface area contributed by atoms with Gasteiger partial charge in [-0.2, -0.15) is 0 Å². The normalized spacial score (nSPS) is 10.3. The number of pyridine rings is 1. The number of benzene rings is 1. The minimum absolute atomic E-state index is 0.00798. The molecule has 0 radical (unpaired) electrons. The zero-order chi connectivity index (χ0) is 15.6. The molecule has 0 saturated heterocycles. The highest BCUT2D eigenvalue weighted by molar-refractivity contribution is 5.74. The second-order valence-electron chi connectivity index (χ2n) is 4.76. The fourth-order valence-corrected chi connectivity index (χ4v) is 2.30. The number of hydrogen-bond donors (Lipinski definition) is 1. The Hall–Kier alpha value is -2.63. The second-order valence-corrected chi connectivity index (χ2v) is 4.76. The van der Waals surface area contributed by atoms with Gasteiger partial charge in [-0.05, 0) is 31.0 Å². The van der Waals surface area contributed by atoms with Crippen molar-refractivity contribution in [1.82, 2.24) is 4.98 Å². The number of methoxy groups -OCH3 is 1. The van der Waals surface area contributed by atoms with Crippen LogP contribution < -0.4 is 10.1 Å². The van der Waals surface area contributed by atoms with E-state index in [2.05, 4.69) is 10.3 Å². The van der Waals surface area contributed by atoms with Crippen LogP contribution in [0.1, 0.15) is 11.1 Å². The summed E-state index contributed by atoms with van der Waals surface area (Å²) in [5.41, 5.74) is 3.30. The van der Waals surface area contributed by atoms with Gasteiger partial charge in [-0.15, -0.1) is 0 Å². The first-order valence-electron chi connectivity index (χ1n) is 6.46. The van der Waals surface area contributed by atoms with Crippen LogP contribution in [-0.4, -0.2) is 24.1 Å². The number of aryl methyl sites for hydroxylation is 2. The average molecular weight is 287 g/mol. The van der Waals surface area contributed by atoms with Gasteiger partial charge in [-0.1, -0.05) is 6.07 Å². The molecule has 6 nitrogen and oxygen atoms in total. The lowest BCUT2D eigenvalue weighted by Crippen LogP contribution is -2.00. The molecule has 0 saturated carbocycles. The van der Waals surface area contributed by atoms with E-state index < -0.39 is 4.92 Å². The Morgan fingerprint density at radius 2 is 1.95 bits per heavy atom. The summed E-state index contributed by atoms with van der Waals surface area (Å²) in [5.74, 6) is 1.10. The lowest BCUT2D eigenvalue weighted by atomic mass is 10.0. The van der Waals surface area contributed by atoms with E-state index in [1.807, 2.05) is 26.0 Å². The van der Waals surface area contributed by atoms with Crippen LogP contribution >= 0.6 is 0 Å². The van der Waals surface area contributed by atoms with E-state index in [0.717, 1.165) is 16.7 Å². The molecule has 1 aromatic heterocycles. The van der Waals surface area contributed by atoms with Crippen molar-refractivity contribution in [2.24, 2.45) is 0 Å². The maximum atomic E-state index is 11.1. The van der Waals surface area contributed by atoms with Crippen LogP contribution in [-0.2, 0) is 0 Å². The van der Waals surface area contributed by atoms with Gasteiger partial charge in [-0.25, -0.2) is 4.98 Å². The SMILES string of the molecule is CNc1cc([N+](=O)[O-])cc(-c2c(C)cc(C)cc2OC)n1. The molecule has 110 valence electrons. The molecule has 0 aliphatic rings. The van der Waals surface area contributed by atoms with E-state index in [9.17, 15) is 10.1 Å². The molecule has 6 heteroatoms. The molecule has 0 aliphatic heterocycles. The Bertz CT molecular complexity index is 699. The van der Waals surface area contributed by atoms with Crippen LogP contribution in [0.3, 0.4) is 0 Å². The summed E-state index contributed by atoms with van der Waals surface area (Å²) in [5, 5.41) is 13.9. The number of nitrogens with zero attached hydrogens (tertiary/aromatic N) is 2. The van der Waals surface area contributed by atoms with Gasteiger partial charge in [0, 0.05) is 18.7 Å². The summed E-state index contributed by atoms with van der Waals surface area (Å²) in [7, 11) is 3.25. The number of ether oxygens (including phenoxy) is 1. The van der Waals surface area contributed by atoms with Crippen molar-refractivity contribution >= 4 is 11.5 Å². The first kappa shape index (κ1) is 14.8. The van der Waals surface area contributed by atoms with Crippen molar-refractivity contribution < 1.29 is 9.66 Å². The van der Waals surface area contributed by atoms with Crippen LogP contribution in [0.15, 0.2) is 24.3 Å². The highest BCUT2D eigenvalue weighted by Gasteiger charge is 2.17. The number of anilines is 1. The fourth-order valence-electron chi connectivity index (χ4n) is 2.30. The molecule has 1 aromatic carbocycles. The van der Waals surface area contributed by atoms with E-state index in [0.29, 0.717) is 17.3 Å². The average Bonchev–Trinajstić information content (AvgIpc) is 2.45. The topological polar surface area (TPSA) is 77.3 Å². The molecule has 0 unspecified atom stereocenters. The standard InChI is InChI=1S/C15H17N3O3/c1-9-5-10(2)15(13(6-9)21-4)12-7-11(18(19)20)8-14(16-3)17-12/h5-8H,1-4H3,(H,16,17). The first-order chi connectivity index (χ1) is 9.96. The Morgan fingerprint density at radius 1 is 1.24 bits per heavy atom. The second kappa shape index (κ2) is 5.78. The number of aromatic nitrogens is 1. The molecule has 0 bridgehead atoms. The largest absolute Gasteiger partial charge is 0.496 e. The van der Waals surface area contributed by atoms with Crippen LogP contribution in [0.5, 0.6) is 5.75 Å². The number of nitro groups is 1. The monoisotopic (exact) mass is 287 g/mol. The van der Waals surface area contributed by atoms with Gasteiger partial charge >= 0.3 is 0 Å². The van der Waals surface area contributed by atoms with Crippen molar-refractivity contribution in [2.75, 3.05) is 19.5 Å². The molecule has 0 fully saturated rings. The minimum atomic E-state index is -0.429. The molecule has 0 aliphatic carbocycles. The smallest absolute Gasteiger partial charge is 0.275 e. The van der Waals surface area contributed by atoms with E-state index in [1.54, 1.807) is 14.2 Å². The van der Waals surface area contributed by atoms with E-state index in [-0.39, 0.29) is 5.69 Å². The highest BCUT2D eigenvalue weighted by atomic mass is 16.6. The molecular formula is C15H17N3O3. The highest BCUT2D eigenvalue weighted by Crippen LogP contribution is 2.35. The Kier molecular flexibility index (Phi) is 4.07. The summed E-state index contributed by atoms with van der Waals surface area (Å²) in [4.78, 5) is 15.0. The van der Waals surface area contributed by atoms with Crippen LogP contribution in [0.4, 0.5) is 11.5 Å². The predicted molar refractivity (Wildman–Crippen MR) is 81.9 cm³/mol. The number of hydrogen-bond acceptors (Lipinski definition) is 5. The van der Waals surface area contributed by atoms with Crippen LogP contribution in [0.25, 0.3) is 11.3 Å². The molecule has 1 heterocycles. The van der Waals surface area contributed by atoms with E-state index in [1.165, 1.54) is 12.1 Å². The van der Waals surface area contributed by atoms with Gasteiger partial charge in [0.25, 0.3) is 5.69 Å². The quantitative estimate of drug-likeness (QED) is 0.689. The Balaban J connectivity index is 2.72. The van der Waals surface area contributed by atoms with Crippen LogP contribution in [0.2, 0.25) is 0 Å².